The standard InChI is InChI=1S/C18H23N5OS/c1-6-23-15(13-9-7-8-12(2)10-13)20-22-17(23)25-11-14-19-21-16(24-14)18(3,4)5/h7-10H,6,11H2,1-5H3. The zero-order chi connectivity index (χ0) is 18.0. The summed E-state index contributed by atoms with van der Waals surface area (Å²) < 4.78 is 7.86. The summed E-state index contributed by atoms with van der Waals surface area (Å²) in [5.74, 6) is 2.72. The highest BCUT2D eigenvalue weighted by Gasteiger charge is 2.22. The van der Waals surface area contributed by atoms with Crippen LogP contribution >= 0.6 is 11.8 Å². The summed E-state index contributed by atoms with van der Waals surface area (Å²) in [4.78, 5) is 0. The molecule has 2 aromatic heterocycles. The van der Waals surface area contributed by atoms with E-state index in [2.05, 4.69) is 77.8 Å². The van der Waals surface area contributed by atoms with Crippen LogP contribution in [0.3, 0.4) is 0 Å². The molecule has 0 aliphatic rings. The van der Waals surface area contributed by atoms with Crippen molar-refractivity contribution >= 4 is 11.8 Å². The maximum Gasteiger partial charge on any atom is 0.226 e. The van der Waals surface area contributed by atoms with E-state index in [-0.39, 0.29) is 5.41 Å². The number of nitrogens with zero attached hydrogens (tertiary/aromatic N) is 5. The van der Waals surface area contributed by atoms with Gasteiger partial charge in [-0.05, 0) is 19.9 Å². The Morgan fingerprint density at radius 1 is 1.12 bits per heavy atom. The molecule has 3 rings (SSSR count). The molecule has 0 N–H and O–H groups in total. The second kappa shape index (κ2) is 7.00. The van der Waals surface area contributed by atoms with E-state index in [4.69, 9.17) is 4.42 Å². The van der Waals surface area contributed by atoms with Crippen LogP contribution in [0.1, 0.15) is 45.0 Å². The average Bonchev–Trinajstić information content (AvgIpc) is 3.19. The fraction of sp³-hybridized carbons (Fsp3) is 0.444. The second-order valence-electron chi connectivity index (χ2n) is 6.96. The molecule has 1 aromatic carbocycles. The number of hydrogen-bond acceptors (Lipinski definition) is 6. The van der Waals surface area contributed by atoms with Crippen LogP contribution in [0.2, 0.25) is 0 Å². The Balaban J connectivity index is 1.78. The number of rotatable bonds is 5. The van der Waals surface area contributed by atoms with Crippen molar-refractivity contribution in [3.63, 3.8) is 0 Å². The fourth-order valence-electron chi connectivity index (χ4n) is 2.42. The van der Waals surface area contributed by atoms with Gasteiger partial charge in [-0.3, -0.25) is 0 Å². The van der Waals surface area contributed by atoms with Crippen molar-refractivity contribution in [1.29, 1.82) is 0 Å². The van der Waals surface area contributed by atoms with Gasteiger partial charge in [-0.15, -0.1) is 20.4 Å². The van der Waals surface area contributed by atoms with Crippen molar-refractivity contribution in [3.8, 4) is 11.4 Å². The molecule has 7 heteroatoms. The lowest BCUT2D eigenvalue weighted by atomic mass is 9.97. The fourth-order valence-corrected chi connectivity index (χ4v) is 3.26. The molecule has 0 aliphatic heterocycles. The molecule has 132 valence electrons. The van der Waals surface area contributed by atoms with Crippen molar-refractivity contribution in [2.75, 3.05) is 0 Å². The van der Waals surface area contributed by atoms with E-state index in [1.165, 1.54) is 5.56 Å². The smallest absolute Gasteiger partial charge is 0.226 e. The molecule has 2 heterocycles. The minimum absolute atomic E-state index is 0.141. The van der Waals surface area contributed by atoms with Gasteiger partial charge in [0, 0.05) is 17.5 Å². The molecule has 0 bridgehead atoms. The highest BCUT2D eigenvalue weighted by molar-refractivity contribution is 7.98. The van der Waals surface area contributed by atoms with Crippen molar-refractivity contribution in [3.05, 3.63) is 41.6 Å². The molecule has 3 aromatic rings. The predicted octanol–water partition coefficient (Wildman–Crippen LogP) is 4.25. The molecular formula is C18H23N5OS. The summed E-state index contributed by atoms with van der Waals surface area (Å²) in [6.45, 7) is 11.1. The van der Waals surface area contributed by atoms with Gasteiger partial charge in [0.1, 0.15) is 0 Å². The Labute approximate surface area is 152 Å². The zero-order valence-corrected chi connectivity index (χ0v) is 16.1. The molecule has 0 aliphatic carbocycles. The highest BCUT2D eigenvalue weighted by atomic mass is 32.2. The van der Waals surface area contributed by atoms with Crippen LogP contribution in [0, 0.1) is 6.92 Å². The Bertz CT molecular complexity index is 862. The first-order chi connectivity index (χ1) is 11.9. The van der Waals surface area contributed by atoms with Crippen LogP contribution in [0.15, 0.2) is 33.8 Å². The van der Waals surface area contributed by atoms with Gasteiger partial charge in [0.15, 0.2) is 11.0 Å². The highest BCUT2D eigenvalue weighted by Crippen LogP contribution is 2.27. The molecule has 0 fully saturated rings. The predicted molar refractivity (Wildman–Crippen MR) is 98.4 cm³/mol. The lowest BCUT2D eigenvalue weighted by Gasteiger charge is -2.11. The van der Waals surface area contributed by atoms with Gasteiger partial charge >= 0.3 is 0 Å². The minimum Gasteiger partial charge on any atom is -0.424 e. The lowest BCUT2D eigenvalue weighted by molar-refractivity contribution is 0.378. The van der Waals surface area contributed by atoms with Gasteiger partial charge in [-0.25, -0.2) is 0 Å². The van der Waals surface area contributed by atoms with Crippen LogP contribution in [-0.2, 0) is 17.7 Å². The summed E-state index contributed by atoms with van der Waals surface area (Å²) in [5, 5.41) is 17.9. The summed E-state index contributed by atoms with van der Waals surface area (Å²) in [5.41, 5.74) is 2.14. The number of aryl methyl sites for hydroxylation is 1. The van der Waals surface area contributed by atoms with E-state index >= 15 is 0 Å². The first-order valence-corrected chi connectivity index (χ1v) is 9.33. The third-order valence-corrected chi connectivity index (χ3v) is 4.69. The van der Waals surface area contributed by atoms with Gasteiger partial charge in [0.25, 0.3) is 0 Å². The molecule has 6 nitrogen and oxygen atoms in total. The molecule has 0 radical (unpaired) electrons. The SMILES string of the molecule is CCn1c(SCc2nnc(C(C)(C)C)o2)nnc1-c1cccc(C)c1. The van der Waals surface area contributed by atoms with Crippen molar-refractivity contribution in [1.82, 2.24) is 25.0 Å². The molecule has 0 saturated heterocycles. The Morgan fingerprint density at radius 3 is 2.56 bits per heavy atom. The van der Waals surface area contributed by atoms with Gasteiger partial charge < -0.3 is 8.98 Å². The maximum atomic E-state index is 5.75. The van der Waals surface area contributed by atoms with Gasteiger partial charge in [-0.2, -0.15) is 0 Å². The maximum absolute atomic E-state index is 5.75. The number of thioether (sulfide) groups is 1. The third-order valence-electron chi connectivity index (χ3n) is 3.74. The molecule has 0 amide bonds. The van der Waals surface area contributed by atoms with Gasteiger partial charge in [0.2, 0.25) is 11.8 Å². The average molecular weight is 357 g/mol. The topological polar surface area (TPSA) is 69.6 Å². The molecule has 25 heavy (non-hydrogen) atoms. The Morgan fingerprint density at radius 2 is 1.92 bits per heavy atom. The number of hydrogen-bond donors (Lipinski definition) is 0. The van der Waals surface area contributed by atoms with E-state index in [1.54, 1.807) is 11.8 Å². The Hall–Kier alpha value is -2.15. The number of aromatic nitrogens is 5. The van der Waals surface area contributed by atoms with E-state index in [9.17, 15) is 0 Å². The molecule has 0 unspecified atom stereocenters. The third kappa shape index (κ3) is 3.92. The quantitative estimate of drug-likeness (QED) is 0.636. The first-order valence-electron chi connectivity index (χ1n) is 8.34. The zero-order valence-electron chi connectivity index (χ0n) is 15.3. The van der Waals surface area contributed by atoms with Crippen LogP contribution in [0.5, 0.6) is 0 Å². The minimum atomic E-state index is -0.141. The molecular weight excluding hydrogens is 334 g/mol. The van der Waals surface area contributed by atoms with Crippen molar-refractivity contribution in [2.45, 2.75) is 57.5 Å². The summed E-state index contributed by atoms with van der Waals surface area (Å²) in [6.07, 6.45) is 0. The summed E-state index contributed by atoms with van der Waals surface area (Å²) >= 11 is 1.56. The van der Waals surface area contributed by atoms with Crippen LogP contribution in [0.25, 0.3) is 11.4 Å². The normalized spacial score (nSPS) is 11.9. The van der Waals surface area contributed by atoms with Gasteiger partial charge in [-0.1, -0.05) is 56.3 Å². The van der Waals surface area contributed by atoms with Crippen molar-refractivity contribution in [2.24, 2.45) is 0 Å². The summed E-state index contributed by atoms with van der Waals surface area (Å²) in [7, 11) is 0. The molecule has 0 atom stereocenters. The molecule has 0 saturated carbocycles. The second-order valence-corrected chi connectivity index (χ2v) is 7.90. The summed E-state index contributed by atoms with van der Waals surface area (Å²) in [6, 6.07) is 8.30. The first kappa shape index (κ1) is 17.7. The van der Waals surface area contributed by atoms with E-state index < -0.39 is 0 Å². The van der Waals surface area contributed by atoms with Crippen LogP contribution in [-0.4, -0.2) is 25.0 Å². The van der Waals surface area contributed by atoms with E-state index in [1.807, 2.05) is 6.07 Å². The lowest BCUT2D eigenvalue weighted by Crippen LogP contribution is -2.11. The largest absolute Gasteiger partial charge is 0.424 e. The van der Waals surface area contributed by atoms with Crippen molar-refractivity contribution < 1.29 is 4.42 Å². The van der Waals surface area contributed by atoms with Gasteiger partial charge in [0.05, 0.1) is 5.75 Å². The van der Waals surface area contributed by atoms with Crippen LogP contribution in [0.4, 0.5) is 0 Å². The van der Waals surface area contributed by atoms with E-state index in [0.717, 1.165) is 23.1 Å². The molecule has 0 spiro atoms. The van der Waals surface area contributed by atoms with Crippen LogP contribution < -0.4 is 0 Å². The monoisotopic (exact) mass is 357 g/mol. The van der Waals surface area contributed by atoms with E-state index in [0.29, 0.717) is 17.5 Å². The Kier molecular flexibility index (Phi) is 4.94. The number of benzene rings is 1.